The van der Waals surface area contributed by atoms with Crippen LogP contribution in [-0.4, -0.2) is 42.0 Å². The molecule has 1 saturated heterocycles. The van der Waals surface area contributed by atoms with Gasteiger partial charge in [-0.25, -0.2) is 0 Å². The molecule has 0 aromatic rings. The van der Waals surface area contributed by atoms with Gasteiger partial charge in [0, 0.05) is 24.7 Å². The van der Waals surface area contributed by atoms with E-state index in [1.54, 1.807) is 0 Å². The zero-order chi connectivity index (χ0) is 11.6. The fourth-order valence-corrected chi connectivity index (χ4v) is 1.83. The van der Waals surface area contributed by atoms with Crippen molar-refractivity contribution in [3.8, 4) is 0 Å². The summed E-state index contributed by atoms with van der Waals surface area (Å²) < 4.78 is 0. The highest BCUT2D eigenvalue weighted by Crippen LogP contribution is 2.25. The molecule has 0 aliphatic carbocycles. The van der Waals surface area contributed by atoms with E-state index < -0.39 is 0 Å². The summed E-state index contributed by atoms with van der Waals surface area (Å²) in [6.07, 6.45) is 0. The lowest BCUT2D eigenvalue weighted by atomic mass is 9.80. The quantitative estimate of drug-likeness (QED) is 0.700. The predicted octanol–water partition coefficient (Wildman–Crippen LogP) is 0.180. The van der Waals surface area contributed by atoms with E-state index in [4.69, 9.17) is 5.73 Å². The van der Waals surface area contributed by atoms with Crippen molar-refractivity contribution in [2.75, 3.05) is 19.6 Å². The van der Waals surface area contributed by atoms with Crippen molar-refractivity contribution >= 4 is 5.91 Å². The molecule has 4 heteroatoms. The zero-order valence-corrected chi connectivity index (χ0v) is 10.2. The highest BCUT2D eigenvalue weighted by molar-refractivity contribution is 5.78. The second-order valence-corrected chi connectivity index (χ2v) is 5.26. The summed E-state index contributed by atoms with van der Waals surface area (Å²) in [6, 6.07) is 0.214. The van der Waals surface area contributed by atoms with Gasteiger partial charge in [-0.3, -0.25) is 9.69 Å². The SMILES string of the molecule is CC(C)NC(=O)CN1CC(N)(C(C)C)C1. The molecule has 1 aliphatic heterocycles. The number of nitrogens with two attached hydrogens (primary N) is 1. The Morgan fingerprint density at radius 3 is 2.33 bits per heavy atom. The molecule has 1 rings (SSSR count). The monoisotopic (exact) mass is 213 g/mol. The first kappa shape index (κ1) is 12.5. The average Bonchev–Trinajstić information content (AvgIpc) is 1.98. The van der Waals surface area contributed by atoms with Crippen molar-refractivity contribution in [3.63, 3.8) is 0 Å². The van der Waals surface area contributed by atoms with E-state index in [0.29, 0.717) is 12.5 Å². The molecule has 0 radical (unpaired) electrons. The van der Waals surface area contributed by atoms with Crippen molar-refractivity contribution in [2.45, 2.75) is 39.3 Å². The molecule has 0 atom stereocenters. The Labute approximate surface area is 92.2 Å². The Bertz CT molecular complexity index is 232. The maximum atomic E-state index is 11.4. The minimum absolute atomic E-state index is 0.0852. The maximum Gasteiger partial charge on any atom is 0.234 e. The van der Waals surface area contributed by atoms with E-state index >= 15 is 0 Å². The normalized spacial score (nSPS) is 20.5. The highest BCUT2D eigenvalue weighted by atomic mass is 16.2. The van der Waals surface area contributed by atoms with Crippen LogP contribution in [-0.2, 0) is 4.79 Å². The number of carbonyl (C=O) groups is 1. The second-order valence-electron chi connectivity index (χ2n) is 5.26. The molecular formula is C11H23N3O. The lowest BCUT2D eigenvalue weighted by Gasteiger charge is -2.50. The van der Waals surface area contributed by atoms with Gasteiger partial charge < -0.3 is 11.1 Å². The molecule has 0 spiro atoms. The van der Waals surface area contributed by atoms with E-state index in [2.05, 4.69) is 24.1 Å². The molecule has 1 heterocycles. The van der Waals surface area contributed by atoms with Gasteiger partial charge in [-0.2, -0.15) is 0 Å². The molecule has 1 amide bonds. The van der Waals surface area contributed by atoms with Crippen LogP contribution in [0.3, 0.4) is 0 Å². The summed E-state index contributed by atoms with van der Waals surface area (Å²) in [5.74, 6) is 0.567. The first-order chi connectivity index (χ1) is 6.83. The molecule has 0 aromatic carbocycles. The van der Waals surface area contributed by atoms with Crippen molar-refractivity contribution < 1.29 is 4.79 Å². The predicted molar refractivity (Wildman–Crippen MR) is 61.5 cm³/mol. The molecule has 1 fully saturated rings. The first-order valence-corrected chi connectivity index (χ1v) is 5.64. The van der Waals surface area contributed by atoms with E-state index in [1.165, 1.54) is 0 Å². The van der Waals surface area contributed by atoms with Crippen LogP contribution in [0.1, 0.15) is 27.7 Å². The summed E-state index contributed by atoms with van der Waals surface area (Å²) >= 11 is 0. The smallest absolute Gasteiger partial charge is 0.234 e. The van der Waals surface area contributed by atoms with Gasteiger partial charge in [0.15, 0.2) is 0 Å². The Kier molecular flexibility index (Phi) is 3.73. The molecule has 1 aliphatic rings. The standard InChI is InChI=1S/C11H23N3O/c1-8(2)11(12)6-14(7-11)5-10(15)13-9(3)4/h8-9H,5-7,12H2,1-4H3,(H,13,15). The Balaban J connectivity index is 2.26. The summed E-state index contributed by atoms with van der Waals surface area (Å²) in [4.78, 5) is 13.5. The molecule has 15 heavy (non-hydrogen) atoms. The molecule has 0 unspecified atom stereocenters. The van der Waals surface area contributed by atoms with E-state index in [-0.39, 0.29) is 17.5 Å². The van der Waals surface area contributed by atoms with Crippen LogP contribution in [0.4, 0.5) is 0 Å². The highest BCUT2D eigenvalue weighted by Gasteiger charge is 2.42. The van der Waals surface area contributed by atoms with Crippen LogP contribution in [0.15, 0.2) is 0 Å². The Morgan fingerprint density at radius 1 is 1.40 bits per heavy atom. The molecule has 0 bridgehead atoms. The van der Waals surface area contributed by atoms with Gasteiger partial charge in [0.05, 0.1) is 6.54 Å². The zero-order valence-electron chi connectivity index (χ0n) is 10.2. The molecule has 0 saturated carbocycles. The average molecular weight is 213 g/mol. The van der Waals surface area contributed by atoms with Crippen molar-refractivity contribution in [1.29, 1.82) is 0 Å². The van der Waals surface area contributed by atoms with E-state index in [1.807, 2.05) is 13.8 Å². The van der Waals surface area contributed by atoms with Crippen LogP contribution in [0.2, 0.25) is 0 Å². The molecule has 88 valence electrons. The number of amides is 1. The summed E-state index contributed by atoms with van der Waals surface area (Å²) in [7, 11) is 0. The van der Waals surface area contributed by atoms with Gasteiger partial charge in [0.1, 0.15) is 0 Å². The molecule has 4 nitrogen and oxygen atoms in total. The van der Waals surface area contributed by atoms with Gasteiger partial charge in [0.2, 0.25) is 5.91 Å². The number of hydrogen-bond donors (Lipinski definition) is 2. The van der Waals surface area contributed by atoms with Crippen molar-refractivity contribution in [3.05, 3.63) is 0 Å². The molecule has 3 N–H and O–H groups in total. The van der Waals surface area contributed by atoms with E-state index in [9.17, 15) is 4.79 Å². The maximum absolute atomic E-state index is 11.4. The lowest BCUT2D eigenvalue weighted by molar-refractivity contribution is -0.125. The molecule has 0 aromatic heterocycles. The van der Waals surface area contributed by atoms with Crippen molar-refractivity contribution in [1.82, 2.24) is 10.2 Å². The number of likely N-dealkylation sites (tertiary alicyclic amines) is 1. The first-order valence-electron chi connectivity index (χ1n) is 5.64. The summed E-state index contributed by atoms with van der Waals surface area (Å²) in [6.45, 7) is 10.3. The minimum atomic E-state index is -0.0852. The van der Waals surface area contributed by atoms with Gasteiger partial charge in [0.25, 0.3) is 0 Å². The number of carbonyl (C=O) groups excluding carboxylic acids is 1. The van der Waals surface area contributed by atoms with Crippen molar-refractivity contribution in [2.24, 2.45) is 11.7 Å². The van der Waals surface area contributed by atoms with Gasteiger partial charge >= 0.3 is 0 Å². The Hall–Kier alpha value is -0.610. The van der Waals surface area contributed by atoms with Gasteiger partial charge in [-0.15, -0.1) is 0 Å². The summed E-state index contributed by atoms with van der Waals surface area (Å²) in [5.41, 5.74) is 6.05. The second kappa shape index (κ2) is 4.49. The number of nitrogens with zero attached hydrogens (tertiary/aromatic N) is 1. The fourth-order valence-electron chi connectivity index (χ4n) is 1.83. The number of hydrogen-bond acceptors (Lipinski definition) is 3. The van der Waals surface area contributed by atoms with Crippen LogP contribution in [0.5, 0.6) is 0 Å². The molecular weight excluding hydrogens is 190 g/mol. The fraction of sp³-hybridized carbons (Fsp3) is 0.909. The third-order valence-corrected chi connectivity index (χ3v) is 3.00. The minimum Gasteiger partial charge on any atom is -0.353 e. The van der Waals surface area contributed by atoms with Crippen LogP contribution >= 0.6 is 0 Å². The lowest BCUT2D eigenvalue weighted by Crippen LogP contribution is -2.70. The third kappa shape index (κ3) is 3.18. The number of rotatable bonds is 4. The number of nitrogens with one attached hydrogen (secondary N) is 1. The van der Waals surface area contributed by atoms with Gasteiger partial charge in [-0.1, -0.05) is 13.8 Å². The largest absolute Gasteiger partial charge is 0.353 e. The van der Waals surface area contributed by atoms with Crippen LogP contribution < -0.4 is 11.1 Å². The van der Waals surface area contributed by atoms with Gasteiger partial charge in [-0.05, 0) is 19.8 Å². The van der Waals surface area contributed by atoms with Crippen LogP contribution in [0.25, 0.3) is 0 Å². The topological polar surface area (TPSA) is 58.4 Å². The Morgan fingerprint density at radius 2 is 1.93 bits per heavy atom. The van der Waals surface area contributed by atoms with Crippen LogP contribution in [0, 0.1) is 5.92 Å². The third-order valence-electron chi connectivity index (χ3n) is 3.00. The summed E-state index contributed by atoms with van der Waals surface area (Å²) in [5, 5.41) is 2.88. The van der Waals surface area contributed by atoms with E-state index in [0.717, 1.165) is 13.1 Å².